The zero-order valence-corrected chi connectivity index (χ0v) is 12.1. The molecule has 2 heterocycles. The molecule has 2 amide bonds. The predicted molar refractivity (Wildman–Crippen MR) is 82.7 cm³/mol. The molecule has 0 saturated heterocycles. The Morgan fingerprint density at radius 2 is 1.91 bits per heavy atom. The van der Waals surface area contributed by atoms with Crippen molar-refractivity contribution in [2.24, 2.45) is 5.73 Å². The van der Waals surface area contributed by atoms with Crippen LogP contribution >= 0.6 is 11.3 Å². The second-order valence-corrected chi connectivity index (χ2v) is 5.34. The summed E-state index contributed by atoms with van der Waals surface area (Å²) in [5, 5.41) is 8.22. The number of benzene rings is 1. The van der Waals surface area contributed by atoms with Crippen molar-refractivity contribution in [3.05, 3.63) is 59.0 Å². The topological polar surface area (TPSA) is 98.2 Å². The summed E-state index contributed by atoms with van der Waals surface area (Å²) in [6.07, 6.45) is 0. The molecule has 0 spiro atoms. The van der Waals surface area contributed by atoms with Crippen LogP contribution in [-0.4, -0.2) is 17.0 Å². The number of amides is 2. The Kier molecular flexibility index (Phi) is 3.71. The van der Waals surface area contributed by atoms with Gasteiger partial charge in [-0.25, -0.2) is 0 Å². The van der Waals surface area contributed by atoms with Gasteiger partial charge in [-0.2, -0.15) is 0 Å². The molecule has 22 heavy (non-hydrogen) atoms. The quantitative estimate of drug-likeness (QED) is 0.773. The van der Waals surface area contributed by atoms with Gasteiger partial charge in [-0.15, -0.1) is 11.3 Å². The van der Waals surface area contributed by atoms with E-state index < -0.39 is 11.8 Å². The Bertz CT molecular complexity index is 810. The van der Waals surface area contributed by atoms with E-state index in [0.717, 1.165) is 4.88 Å². The third kappa shape index (κ3) is 2.61. The average molecular weight is 313 g/mol. The van der Waals surface area contributed by atoms with Gasteiger partial charge in [0.05, 0.1) is 4.88 Å². The Labute approximate surface area is 129 Å². The maximum atomic E-state index is 12.1. The van der Waals surface area contributed by atoms with Gasteiger partial charge in [0.2, 0.25) is 5.88 Å². The summed E-state index contributed by atoms with van der Waals surface area (Å²) in [7, 11) is 0. The van der Waals surface area contributed by atoms with Gasteiger partial charge in [-0.05, 0) is 23.6 Å². The van der Waals surface area contributed by atoms with Gasteiger partial charge in [0.1, 0.15) is 11.3 Å². The monoisotopic (exact) mass is 313 g/mol. The second-order valence-electron chi connectivity index (χ2n) is 4.40. The van der Waals surface area contributed by atoms with Crippen LogP contribution in [0.25, 0.3) is 10.6 Å². The van der Waals surface area contributed by atoms with Crippen LogP contribution in [0.5, 0.6) is 0 Å². The molecule has 110 valence electrons. The van der Waals surface area contributed by atoms with Crippen molar-refractivity contribution in [1.82, 2.24) is 5.16 Å². The van der Waals surface area contributed by atoms with E-state index in [2.05, 4.69) is 10.5 Å². The van der Waals surface area contributed by atoms with Crippen LogP contribution in [-0.2, 0) is 0 Å². The van der Waals surface area contributed by atoms with Gasteiger partial charge in [-0.3, -0.25) is 14.9 Å². The van der Waals surface area contributed by atoms with Crippen LogP contribution in [0.4, 0.5) is 5.88 Å². The average Bonchev–Trinajstić information content (AvgIpc) is 3.16. The molecule has 0 atom stereocenters. The van der Waals surface area contributed by atoms with E-state index >= 15 is 0 Å². The molecule has 3 N–H and O–H groups in total. The molecule has 0 radical (unpaired) electrons. The number of aromatic nitrogens is 1. The Morgan fingerprint density at radius 1 is 1.14 bits per heavy atom. The Balaban J connectivity index is 1.95. The van der Waals surface area contributed by atoms with Crippen molar-refractivity contribution < 1.29 is 14.1 Å². The molecule has 0 saturated carbocycles. The number of thiophene rings is 1. The van der Waals surface area contributed by atoms with E-state index in [1.807, 2.05) is 11.4 Å². The number of carbonyl (C=O) groups is 2. The number of rotatable bonds is 4. The second kappa shape index (κ2) is 5.82. The fraction of sp³-hybridized carbons (Fsp3) is 0. The molecule has 2 aromatic heterocycles. The first kappa shape index (κ1) is 14.0. The van der Waals surface area contributed by atoms with Crippen molar-refractivity contribution in [2.45, 2.75) is 0 Å². The van der Waals surface area contributed by atoms with E-state index in [0.29, 0.717) is 11.3 Å². The number of carbonyl (C=O) groups excluding carboxylic acids is 2. The number of nitrogens with zero attached hydrogens (tertiary/aromatic N) is 1. The molecule has 3 rings (SSSR count). The highest BCUT2D eigenvalue weighted by atomic mass is 32.1. The number of nitrogens with one attached hydrogen (secondary N) is 1. The van der Waals surface area contributed by atoms with Gasteiger partial charge in [0, 0.05) is 5.56 Å². The standard InChI is InChI=1S/C15H11N3O3S/c16-13(19)11-12(10-7-4-8-22-10)18-21-15(11)17-14(20)9-5-2-1-3-6-9/h1-8H,(H2,16,19)(H,17,20). The van der Waals surface area contributed by atoms with Gasteiger partial charge in [0.25, 0.3) is 11.8 Å². The van der Waals surface area contributed by atoms with E-state index in [1.54, 1.807) is 36.4 Å². The van der Waals surface area contributed by atoms with Crippen molar-refractivity contribution in [1.29, 1.82) is 0 Å². The fourth-order valence-corrected chi connectivity index (χ4v) is 2.66. The first-order chi connectivity index (χ1) is 10.7. The lowest BCUT2D eigenvalue weighted by Crippen LogP contribution is -2.17. The molecular formula is C15H11N3O3S. The number of anilines is 1. The largest absolute Gasteiger partial charge is 0.365 e. The maximum Gasteiger partial charge on any atom is 0.258 e. The normalized spacial score (nSPS) is 10.4. The molecule has 0 aliphatic heterocycles. The number of primary amides is 1. The summed E-state index contributed by atoms with van der Waals surface area (Å²) in [4.78, 5) is 24.6. The molecule has 7 heteroatoms. The Morgan fingerprint density at radius 3 is 2.55 bits per heavy atom. The van der Waals surface area contributed by atoms with Crippen LogP contribution in [0.3, 0.4) is 0 Å². The lowest BCUT2D eigenvalue weighted by Gasteiger charge is -2.02. The molecule has 0 fully saturated rings. The highest BCUT2D eigenvalue weighted by Crippen LogP contribution is 2.31. The molecule has 6 nitrogen and oxygen atoms in total. The van der Waals surface area contributed by atoms with Gasteiger partial charge in [-0.1, -0.05) is 29.4 Å². The predicted octanol–water partition coefficient (Wildman–Crippen LogP) is 2.75. The van der Waals surface area contributed by atoms with Crippen molar-refractivity contribution in [2.75, 3.05) is 5.32 Å². The van der Waals surface area contributed by atoms with Crippen molar-refractivity contribution in [3.8, 4) is 10.6 Å². The Hall–Kier alpha value is -2.93. The molecule has 0 aliphatic carbocycles. The summed E-state index contributed by atoms with van der Waals surface area (Å²) in [5.41, 5.74) is 6.22. The minimum Gasteiger partial charge on any atom is -0.365 e. The van der Waals surface area contributed by atoms with E-state index in [4.69, 9.17) is 10.3 Å². The summed E-state index contributed by atoms with van der Waals surface area (Å²) in [6.45, 7) is 0. The van der Waals surface area contributed by atoms with Crippen molar-refractivity contribution in [3.63, 3.8) is 0 Å². The van der Waals surface area contributed by atoms with Crippen LogP contribution in [0.15, 0.2) is 52.4 Å². The van der Waals surface area contributed by atoms with Gasteiger partial charge < -0.3 is 10.3 Å². The first-order valence-corrected chi connectivity index (χ1v) is 7.24. The molecule has 0 bridgehead atoms. The molecule has 0 aliphatic rings. The summed E-state index contributed by atoms with van der Waals surface area (Å²) in [5.74, 6) is -1.17. The molecular weight excluding hydrogens is 302 g/mol. The fourth-order valence-electron chi connectivity index (χ4n) is 1.95. The highest BCUT2D eigenvalue weighted by molar-refractivity contribution is 7.13. The number of nitrogens with two attached hydrogens (primary N) is 1. The first-order valence-electron chi connectivity index (χ1n) is 6.36. The van der Waals surface area contributed by atoms with Crippen molar-refractivity contribution >= 4 is 29.0 Å². The van der Waals surface area contributed by atoms with Gasteiger partial charge >= 0.3 is 0 Å². The highest BCUT2D eigenvalue weighted by Gasteiger charge is 2.24. The molecule has 3 aromatic rings. The van der Waals surface area contributed by atoms with Gasteiger partial charge in [0.15, 0.2) is 0 Å². The summed E-state index contributed by atoms with van der Waals surface area (Å²) in [6, 6.07) is 12.2. The number of hydrogen-bond acceptors (Lipinski definition) is 5. The lowest BCUT2D eigenvalue weighted by molar-refractivity contribution is 0.100. The third-order valence-corrected chi connectivity index (χ3v) is 3.83. The maximum absolute atomic E-state index is 12.1. The minimum absolute atomic E-state index is 0.0512. The van der Waals surface area contributed by atoms with Crippen LogP contribution in [0, 0.1) is 0 Å². The van der Waals surface area contributed by atoms with Crippen LogP contribution < -0.4 is 11.1 Å². The molecule has 1 aromatic carbocycles. The number of hydrogen-bond donors (Lipinski definition) is 2. The lowest BCUT2D eigenvalue weighted by atomic mass is 10.2. The zero-order valence-electron chi connectivity index (χ0n) is 11.3. The van der Waals surface area contributed by atoms with Crippen LogP contribution in [0.2, 0.25) is 0 Å². The summed E-state index contributed by atoms with van der Waals surface area (Å²) < 4.78 is 5.10. The minimum atomic E-state index is -0.715. The van der Waals surface area contributed by atoms with E-state index in [9.17, 15) is 9.59 Å². The molecule has 0 unspecified atom stereocenters. The summed E-state index contributed by atoms with van der Waals surface area (Å²) >= 11 is 1.39. The van der Waals surface area contributed by atoms with E-state index in [1.165, 1.54) is 11.3 Å². The third-order valence-electron chi connectivity index (χ3n) is 2.96. The SMILES string of the molecule is NC(=O)c1c(-c2cccs2)noc1NC(=O)c1ccccc1. The zero-order chi connectivity index (χ0) is 15.5. The smallest absolute Gasteiger partial charge is 0.258 e. The van der Waals surface area contributed by atoms with E-state index in [-0.39, 0.29) is 11.4 Å². The van der Waals surface area contributed by atoms with Crippen LogP contribution in [0.1, 0.15) is 20.7 Å².